The lowest BCUT2D eigenvalue weighted by atomic mass is 10.0. The predicted octanol–water partition coefficient (Wildman–Crippen LogP) is 5.04. The Hall–Kier alpha value is -4.63. The van der Waals surface area contributed by atoms with Crippen LogP contribution in [0.25, 0.3) is 0 Å². The summed E-state index contributed by atoms with van der Waals surface area (Å²) in [4.78, 5) is 25.5. The van der Waals surface area contributed by atoms with Gasteiger partial charge < -0.3 is 14.8 Å². The molecule has 4 aromatic rings. The van der Waals surface area contributed by atoms with Gasteiger partial charge in [-0.25, -0.2) is 9.97 Å². The van der Waals surface area contributed by atoms with Crippen molar-refractivity contribution in [3.05, 3.63) is 104 Å². The van der Waals surface area contributed by atoms with Crippen molar-refractivity contribution in [1.82, 2.24) is 19.5 Å². The van der Waals surface area contributed by atoms with E-state index in [-0.39, 0.29) is 48.4 Å². The number of aryl methyl sites for hydroxylation is 1. The lowest BCUT2D eigenvalue weighted by Crippen LogP contribution is -2.30. The van der Waals surface area contributed by atoms with Gasteiger partial charge in [0, 0.05) is 23.8 Å². The smallest absolute Gasteiger partial charge is 0.433 e. The zero-order valence-electron chi connectivity index (χ0n) is 22.0. The molecule has 0 spiro atoms. The van der Waals surface area contributed by atoms with Crippen LogP contribution in [0.1, 0.15) is 33.5 Å². The van der Waals surface area contributed by atoms with Gasteiger partial charge in [0.15, 0.2) is 5.69 Å². The molecule has 0 aliphatic rings. The van der Waals surface area contributed by atoms with Crippen LogP contribution in [0.5, 0.6) is 11.6 Å². The fourth-order valence-corrected chi connectivity index (χ4v) is 4.30. The maximum atomic E-state index is 13.8. The molecule has 9 nitrogen and oxygen atoms in total. The number of nitrogens with zero attached hydrogens (tertiary/aromatic N) is 5. The summed E-state index contributed by atoms with van der Waals surface area (Å²) in [6, 6.07) is 13.6. The highest BCUT2D eigenvalue weighted by molar-refractivity contribution is 6.30. The highest BCUT2D eigenvalue weighted by Crippen LogP contribution is 2.30. The zero-order chi connectivity index (χ0) is 29.6. The first-order valence-corrected chi connectivity index (χ1v) is 12.6. The maximum Gasteiger partial charge on any atom is 0.433 e. The number of nitrogens with one attached hydrogen (secondary N) is 1. The largest absolute Gasteiger partial charge is 0.497 e. The fourth-order valence-electron chi connectivity index (χ4n) is 4.05. The Morgan fingerprint density at radius 1 is 1.10 bits per heavy atom. The third kappa shape index (κ3) is 7.32. The monoisotopic (exact) mass is 584 g/mol. The minimum Gasteiger partial charge on any atom is -0.497 e. The predicted molar refractivity (Wildman–Crippen MR) is 145 cm³/mol. The molecule has 2 heterocycles. The van der Waals surface area contributed by atoms with Gasteiger partial charge in [-0.05, 0) is 54.3 Å². The topological polar surface area (TPSA) is 115 Å². The summed E-state index contributed by atoms with van der Waals surface area (Å²) in [6.07, 6.45) is -2.80. The van der Waals surface area contributed by atoms with Gasteiger partial charge in [-0.3, -0.25) is 9.36 Å². The first-order chi connectivity index (χ1) is 19.6. The van der Waals surface area contributed by atoms with Crippen LogP contribution in [-0.4, -0.2) is 33.7 Å². The second kappa shape index (κ2) is 12.7. The quantitative estimate of drug-likeness (QED) is 0.276. The van der Waals surface area contributed by atoms with Crippen molar-refractivity contribution in [2.45, 2.75) is 32.2 Å². The normalized spacial score (nSPS) is 11.1. The van der Waals surface area contributed by atoms with Crippen molar-refractivity contribution in [2.75, 3.05) is 19.5 Å². The number of anilines is 1. The van der Waals surface area contributed by atoms with Gasteiger partial charge in [0.25, 0.3) is 5.56 Å². The van der Waals surface area contributed by atoms with Crippen LogP contribution < -0.4 is 20.3 Å². The van der Waals surface area contributed by atoms with Crippen LogP contribution in [0, 0.1) is 11.3 Å². The third-order valence-corrected chi connectivity index (χ3v) is 6.29. The van der Waals surface area contributed by atoms with Gasteiger partial charge in [-0.15, -0.1) is 0 Å². The zero-order valence-corrected chi connectivity index (χ0v) is 22.8. The van der Waals surface area contributed by atoms with E-state index in [1.807, 2.05) is 18.2 Å². The number of benzene rings is 2. The maximum absolute atomic E-state index is 13.8. The third-order valence-electron chi connectivity index (χ3n) is 6.07. The number of nitriles is 1. The molecule has 0 aliphatic carbocycles. The molecule has 0 saturated heterocycles. The first-order valence-electron chi connectivity index (χ1n) is 12.3. The Morgan fingerprint density at radius 3 is 2.51 bits per heavy atom. The van der Waals surface area contributed by atoms with E-state index in [0.717, 1.165) is 16.5 Å². The molecule has 2 aromatic heterocycles. The summed E-state index contributed by atoms with van der Waals surface area (Å²) in [5.74, 6) is 1.09. The second-order valence-corrected chi connectivity index (χ2v) is 9.31. The van der Waals surface area contributed by atoms with E-state index in [1.54, 1.807) is 26.3 Å². The highest BCUT2D eigenvalue weighted by atomic mass is 35.5. The number of hydrogen-bond donors (Lipinski definition) is 1. The molecule has 0 aliphatic heterocycles. The van der Waals surface area contributed by atoms with Crippen LogP contribution in [0.4, 0.5) is 19.1 Å². The number of methoxy groups -OCH3 is 1. The van der Waals surface area contributed by atoms with Gasteiger partial charge in [0.2, 0.25) is 11.8 Å². The Balaban J connectivity index is 1.64. The number of rotatable bonds is 10. The SMILES string of the molecule is CNc1ncc(Cn2cnc(C(F)(F)F)c(CCc3cc(Cl)cc(C#N)c3)c2=O)c(OCc2ccc(OC)cc2)n1. The number of hydrogen-bond acceptors (Lipinski definition) is 8. The summed E-state index contributed by atoms with van der Waals surface area (Å²) >= 11 is 6.03. The molecule has 0 unspecified atom stereocenters. The van der Waals surface area contributed by atoms with Crippen LogP contribution in [0.3, 0.4) is 0 Å². The van der Waals surface area contributed by atoms with E-state index in [4.69, 9.17) is 21.1 Å². The van der Waals surface area contributed by atoms with Crippen molar-refractivity contribution < 1.29 is 22.6 Å². The molecule has 0 radical (unpaired) electrons. The fraction of sp³-hybridized carbons (Fsp3) is 0.250. The number of alkyl halides is 3. The Morgan fingerprint density at radius 2 is 1.85 bits per heavy atom. The Labute approximate surface area is 238 Å². The second-order valence-electron chi connectivity index (χ2n) is 8.87. The molecule has 1 N–H and O–H groups in total. The molecule has 13 heteroatoms. The van der Waals surface area contributed by atoms with E-state index in [0.29, 0.717) is 16.9 Å². The van der Waals surface area contributed by atoms with Crippen molar-refractivity contribution in [3.63, 3.8) is 0 Å². The molecule has 2 aromatic carbocycles. The molecule has 0 amide bonds. The van der Waals surface area contributed by atoms with Gasteiger partial charge in [-0.1, -0.05) is 23.7 Å². The van der Waals surface area contributed by atoms with Gasteiger partial charge in [-0.2, -0.15) is 23.4 Å². The summed E-state index contributed by atoms with van der Waals surface area (Å²) < 4.78 is 53.6. The van der Waals surface area contributed by atoms with E-state index in [2.05, 4.69) is 20.3 Å². The first kappa shape index (κ1) is 29.4. The van der Waals surface area contributed by atoms with Crippen LogP contribution in [0.15, 0.2) is 59.8 Å². The standard InChI is InChI=1S/C28H24ClF3N6O3/c1-34-27-35-13-20(25(37-27)41-15-17-3-6-22(40-2)7-4-17)14-38-16-36-24(28(30,31)32)23(26(38)39)8-5-18-9-19(12-33)11-21(29)10-18/h3-4,6-7,9-11,13,16H,5,8,14-15H2,1-2H3,(H,34,35,37). The number of aromatic nitrogens is 4. The summed E-state index contributed by atoms with van der Waals surface area (Å²) in [7, 11) is 3.18. The molecule has 0 fully saturated rings. The van der Waals surface area contributed by atoms with Crippen LogP contribution in [0.2, 0.25) is 5.02 Å². The Bertz CT molecular complexity index is 1640. The molecule has 41 heavy (non-hydrogen) atoms. The molecular formula is C28H24ClF3N6O3. The minimum absolute atomic E-state index is 0.0372. The molecule has 0 bridgehead atoms. The van der Waals surface area contributed by atoms with Crippen molar-refractivity contribution in [2.24, 2.45) is 0 Å². The molecule has 0 atom stereocenters. The molecular weight excluding hydrogens is 561 g/mol. The average Bonchev–Trinajstić information content (AvgIpc) is 2.96. The lowest BCUT2D eigenvalue weighted by Gasteiger charge is -2.16. The molecule has 212 valence electrons. The lowest BCUT2D eigenvalue weighted by molar-refractivity contribution is -0.142. The highest BCUT2D eigenvalue weighted by Gasteiger charge is 2.37. The molecule has 0 saturated carbocycles. The van der Waals surface area contributed by atoms with E-state index in [1.165, 1.54) is 24.4 Å². The van der Waals surface area contributed by atoms with Gasteiger partial charge >= 0.3 is 6.18 Å². The Kier molecular flexibility index (Phi) is 9.09. The number of ether oxygens (including phenoxy) is 2. The van der Waals surface area contributed by atoms with Gasteiger partial charge in [0.05, 0.1) is 37.2 Å². The minimum atomic E-state index is -4.84. The van der Waals surface area contributed by atoms with Crippen molar-refractivity contribution in [3.8, 4) is 17.7 Å². The number of halogens is 4. The van der Waals surface area contributed by atoms with Gasteiger partial charge in [0.1, 0.15) is 12.4 Å². The van der Waals surface area contributed by atoms with E-state index in [9.17, 15) is 23.2 Å². The summed E-state index contributed by atoms with van der Waals surface area (Å²) in [5.41, 5.74) is -0.681. The summed E-state index contributed by atoms with van der Waals surface area (Å²) in [6.45, 7) is -0.0540. The van der Waals surface area contributed by atoms with E-state index >= 15 is 0 Å². The summed E-state index contributed by atoms with van der Waals surface area (Å²) in [5, 5.41) is 12.2. The van der Waals surface area contributed by atoms with E-state index < -0.39 is 23.0 Å². The van der Waals surface area contributed by atoms with Crippen LogP contribution >= 0.6 is 11.6 Å². The van der Waals surface area contributed by atoms with Crippen molar-refractivity contribution in [1.29, 1.82) is 5.26 Å². The van der Waals surface area contributed by atoms with Crippen molar-refractivity contribution >= 4 is 17.5 Å². The average molecular weight is 585 g/mol. The van der Waals surface area contributed by atoms with Crippen LogP contribution in [-0.2, 0) is 32.2 Å². The molecule has 4 rings (SSSR count).